The van der Waals surface area contributed by atoms with Crippen LogP contribution in [0.25, 0.3) is 0 Å². The highest BCUT2D eigenvalue weighted by atomic mass is 79.9. The zero-order valence-corrected chi connectivity index (χ0v) is 16.9. The van der Waals surface area contributed by atoms with Gasteiger partial charge in [-0.1, -0.05) is 58.7 Å². The van der Waals surface area contributed by atoms with Crippen molar-refractivity contribution in [1.29, 1.82) is 0 Å². The van der Waals surface area contributed by atoms with E-state index in [2.05, 4.69) is 26.6 Å². The third-order valence-electron chi connectivity index (χ3n) is 4.17. The van der Waals surface area contributed by atoms with Crippen LogP contribution in [0.15, 0.2) is 53.0 Å². The Morgan fingerprint density at radius 3 is 2.48 bits per heavy atom. The fourth-order valence-electron chi connectivity index (χ4n) is 2.81. The van der Waals surface area contributed by atoms with Crippen LogP contribution < -0.4 is 10.6 Å². The minimum absolute atomic E-state index is 0.0463. The first kappa shape index (κ1) is 21.1. The first-order valence-electron chi connectivity index (χ1n) is 9.01. The quantitative estimate of drug-likeness (QED) is 0.571. The van der Waals surface area contributed by atoms with Crippen molar-refractivity contribution < 1.29 is 14.0 Å². The monoisotopic (exact) mass is 434 g/mol. The van der Waals surface area contributed by atoms with Crippen molar-refractivity contribution in [1.82, 2.24) is 10.6 Å². The molecule has 2 amide bonds. The zero-order chi connectivity index (χ0) is 19.6. The van der Waals surface area contributed by atoms with E-state index in [1.54, 1.807) is 12.1 Å². The average Bonchev–Trinajstić information content (AvgIpc) is 2.63. The minimum Gasteiger partial charge on any atom is -0.356 e. The lowest BCUT2D eigenvalue weighted by atomic mass is 9.98. The van der Waals surface area contributed by atoms with Crippen LogP contribution in [0, 0.1) is 5.82 Å². The second-order valence-corrected chi connectivity index (χ2v) is 7.29. The van der Waals surface area contributed by atoms with Gasteiger partial charge in [0, 0.05) is 29.9 Å². The van der Waals surface area contributed by atoms with Crippen LogP contribution in [0.2, 0.25) is 0 Å². The molecule has 0 bridgehead atoms. The Labute approximate surface area is 167 Å². The molecule has 0 aliphatic rings. The van der Waals surface area contributed by atoms with Gasteiger partial charge in [-0.25, -0.2) is 4.39 Å². The maximum Gasteiger partial charge on any atom is 0.220 e. The van der Waals surface area contributed by atoms with E-state index in [0.29, 0.717) is 23.0 Å². The highest BCUT2D eigenvalue weighted by Crippen LogP contribution is 2.26. The van der Waals surface area contributed by atoms with Gasteiger partial charge in [-0.05, 0) is 30.5 Å². The second kappa shape index (κ2) is 10.8. The minimum atomic E-state index is -0.536. The van der Waals surface area contributed by atoms with E-state index in [1.165, 1.54) is 13.0 Å². The molecule has 27 heavy (non-hydrogen) atoms. The third kappa shape index (κ3) is 7.13. The van der Waals surface area contributed by atoms with Crippen molar-refractivity contribution in [3.8, 4) is 0 Å². The fraction of sp³-hybridized carbons (Fsp3) is 0.333. The Kier molecular flexibility index (Phi) is 8.45. The van der Waals surface area contributed by atoms with Crippen LogP contribution in [0.5, 0.6) is 0 Å². The molecule has 4 nitrogen and oxygen atoms in total. The van der Waals surface area contributed by atoms with E-state index in [0.717, 1.165) is 24.8 Å². The summed E-state index contributed by atoms with van der Waals surface area (Å²) < 4.78 is 15.1. The molecule has 2 N–H and O–H groups in total. The summed E-state index contributed by atoms with van der Waals surface area (Å²) in [7, 11) is 0. The van der Waals surface area contributed by atoms with Crippen molar-refractivity contribution in [3.05, 3.63) is 69.9 Å². The molecule has 2 aromatic rings. The summed E-state index contributed by atoms with van der Waals surface area (Å²) in [6, 6.07) is 13.7. The van der Waals surface area contributed by atoms with Gasteiger partial charge in [-0.2, -0.15) is 0 Å². The number of hydrogen-bond donors (Lipinski definition) is 2. The molecule has 0 heterocycles. The Morgan fingerprint density at radius 2 is 1.81 bits per heavy atom. The number of carbonyl (C=O) groups is 2. The average molecular weight is 435 g/mol. The molecule has 0 saturated heterocycles. The molecule has 1 unspecified atom stereocenters. The molecule has 0 radical (unpaired) electrons. The predicted octanol–water partition coefficient (Wildman–Crippen LogP) is 4.49. The molecule has 144 valence electrons. The van der Waals surface area contributed by atoms with Gasteiger partial charge in [0.05, 0.1) is 6.04 Å². The number of hydrogen-bond acceptors (Lipinski definition) is 2. The molecular formula is C21H24BrFN2O2. The molecule has 0 aliphatic heterocycles. The molecule has 0 saturated carbocycles. The van der Waals surface area contributed by atoms with Crippen LogP contribution in [0.1, 0.15) is 49.8 Å². The van der Waals surface area contributed by atoms with Gasteiger partial charge in [0.25, 0.3) is 0 Å². The molecule has 0 spiro atoms. The summed E-state index contributed by atoms with van der Waals surface area (Å²) in [5.41, 5.74) is 1.26. The number of nitrogens with one attached hydrogen (secondary N) is 2. The van der Waals surface area contributed by atoms with E-state index in [1.807, 2.05) is 30.3 Å². The summed E-state index contributed by atoms with van der Waals surface area (Å²) in [6.07, 6.45) is 2.75. The summed E-state index contributed by atoms with van der Waals surface area (Å²) >= 11 is 3.26. The lowest BCUT2D eigenvalue weighted by molar-refractivity contribution is -0.122. The lowest BCUT2D eigenvalue weighted by Crippen LogP contribution is -2.29. The highest BCUT2D eigenvalue weighted by Gasteiger charge is 2.20. The van der Waals surface area contributed by atoms with Crippen LogP contribution in [-0.4, -0.2) is 18.4 Å². The molecular weight excluding hydrogens is 411 g/mol. The van der Waals surface area contributed by atoms with Gasteiger partial charge in [0.1, 0.15) is 5.82 Å². The SMILES string of the molecule is CC(=O)NCCCCCC(=O)NC(c1ccccc1)c1ccc(Br)cc1F. The van der Waals surface area contributed by atoms with Gasteiger partial charge in [0.15, 0.2) is 0 Å². The van der Waals surface area contributed by atoms with E-state index in [4.69, 9.17) is 0 Å². The van der Waals surface area contributed by atoms with E-state index in [-0.39, 0.29) is 17.6 Å². The van der Waals surface area contributed by atoms with Crippen LogP contribution in [0.3, 0.4) is 0 Å². The molecule has 2 rings (SSSR count). The predicted molar refractivity (Wildman–Crippen MR) is 108 cm³/mol. The molecule has 6 heteroatoms. The fourth-order valence-corrected chi connectivity index (χ4v) is 3.14. The van der Waals surface area contributed by atoms with E-state index >= 15 is 0 Å². The Bertz CT molecular complexity index is 768. The number of halogens is 2. The molecule has 0 aliphatic carbocycles. The Hall–Kier alpha value is -2.21. The Morgan fingerprint density at radius 1 is 1.07 bits per heavy atom. The highest BCUT2D eigenvalue weighted by molar-refractivity contribution is 9.10. The molecule has 0 aromatic heterocycles. The lowest BCUT2D eigenvalue weighted by Gasteiger charge is -2.20. The number of unbranched alkanes of at least 4 members (excludes halogenated alkanes) is 2. The van der Waals surface area contributed by atoms with E-state index < -0.39 is 6.04 Å². The van der Waals surface area contributed by atoms with Gasteiger partial charge >= 0.3 is 0 Å². The Balaban J connectivity index is 1.98. The number of benzene rings is 2. The summed E-state index contributed by atoms with van der Waals surface area (Å²) in [4.78, 5) is 23.2. The largest absolute Gasteiger partial charge is 0.356 e. The first-order chi connectivity index (χ1) is 13.0. The van der Waals surface area contributed by atoms with Crippen molar-refractivity contribution in [3.63, 3.8) is 0 Å². The number of rotatable bonds is 9. The molecule has 0 fully saturated rings. The summed E-state index contributed by atoms with van der Waals surface area (Å²) in [6.45, 7) is 2.10. The van der Waals surface area contributed by atoms with Crippen molar-refractivity contribution in [2.24, 2.45) is 0 Å². The van der Waals surface area contributed by atoms with Crippen LogP contribution in [-0.2, 0) is 9.59 Å². The summed E-state index contributed by atoms with van der Waals surface area (Å²) in [5, 5.41) is 5.69. The topological polar surface area (TPSA) is 58.2 Å². The van der Waals surface area contributed by atoms with Gasteiger partial charge in [-0.15, -0.1) is 0 Å². The summed E-state index contributed by atoms with van der Waals surface area (Å²) in [5.74, 6) is -0.533. The second-order valence-electron chi connectivity index (χ2n) is 6.37. The molecule has 1 atom stereocenters. The zero-order valence-electron chi connectivity index (χ0n) is 15.3. The van der Waals surface area contributed by atoms with Gasteiger partial charge in [0.2, 0.25) is 11.8 Å². The molecule has 2 aromatic carbocycles. The maximum absolute atomic E-state index is 14.5. The van der Waals surface area contributed by atoms with Crippen LogP contribution in [0.4, 0.5) is 4.39 Å². The smallest absolute Gasteiger partial charge is 0.220 e. The van der Waals surface area contributed by atoms with Gasteiger partial charge in [-0.3, -0.25) is 9.59 Å². The standard InChI is InChI=1S/C21H24BrFN2O2/c1-15(26)24-13-7-3-6-10-20(27)25-21(16-8-4-2-5-9-16)18-12-11-17(22)14-19(18)23/h2,4-5,8-9,11-12,14,21H,3,6-7,10,13H2,1H3,(H,24,26)(H,25,27). The third-order valence-corrected chi connectivity index (χ3v) is 4.66. The van der Waals surface area contributed by atoms with Crippen LogP contribution >= 0.6 is 15.9 Å². The van der Waals surface area contributed by atoms with E-state index in [9.17, 15) is 14.0 Å². The van der Waals surface area contributed by atoms with Crippen molar-refractivity contribution in [2.45, 2.75) is 38.6 Å². The number of carbonyl (C=O) groups excluding carboxylic acids is 2. The van der Waals surface area contributed by atoms with Crippen molar-refractivity contribution in [2.75, 3.05) is 6.54 Å². The normalized spacial score (nSPS) is 11.7. The van der Waals surface area contributed by atoms with Gasteiger partial charge < -0.3 is 10.6 Å². The first-order valence-corrected chi connectivity index (χ1v) is 9.80. The number of amides is 2. The van der Waals surface area contributed by atoms with Crippen molar-refractivity contribution >= 4 is 27.7 Å². The maximum atomic E-state index is 14.5.